The largest absolute Gasteiger partial charge is 0.315 e. The highest BCUT2D eigenvalue weighted by Gasteiger charge is 2.15. The van der Waals surface area contributed by atoms with Gasteiger partial charge in [0.1, 0.15) is 16.4 Å². The number of H-pyrrole nitrogens is 1. The monoisotopic (exact) mass is 315 g/mol. The van der Waals surface area contributed by atoms with Crippen molar-refractivity contribution in [1.29, 1.82) is 0 Å². The van der Waals surface area contributed by atoms with Gasteiger partial charge in [-0.15, -0.1) is 11.3 Å². The van der Waals surface area contributed by atoms with E-state index >= 15 is 0 Å². The zero-order chi connectivity index (χ0) is 14.4. The molecular weight excluding hydrogens is 298 g/mol. The van der Waals surface area contributed by atoms with Crippen molar-refractivity contribution in [2.45, 2.75) is 23.6 Å². The predicted molar refractivity (Wildman–Crippen MR) is 77.0 cm³/mol. The summed E-state index contributed by atoms with van der Waals surface area (Å²) < 4.78 is 27.1. The number of hydrogen-bond acceptors (Lipinski definition) is 6. The third-order valence-electron chi connectivity index (χ3n) is 2.60. The van der Waals surface area contributed by atoms with Gasteiger partial charge >= 0.3 is 0 Å². The minimum absolute atomic E-state index is 0.349. The molecule has 20 heavy (non-hydrogen) atoms. The van der Waals surface area contributed by atoms with E-state index in [2.05, 4.69) is 25.2 Å². The Balaban J connectivity index is 1.83. The SMILES string of the molecule is CNCc1ccc(S(=O)(=O)NCCCc2ncn[nH]2)s1. The summed E-state index contributed by atoms with van der Waals surface area (Å²) in [5, 5.41) is 9.47. The number of aromatic amines is 1. The molecule has 0 aromatic carbocycles. The molecule has 2 rings (SSSR count). The molecule has 110 valence electrons. The van der Waals surface area contributed by atoms with Gasteiger partial charge in [-0.2, -0.15) is 5.10 Å². The van der Waals surface area contributed by atoms with Crippen LogP contribution < -0.4 is 10.0 Å². The van der Waals surface area contributed by atoms with E-state index in [0.717, 1.165) is 10.7 Å². The third kappa shape index (κ3) is 4.10. The van der Waals surface area contributed by atoms with Crippen molar-refractivity contribution in [3.05, 3.63) is 29.2 Å². The van der Waals surface area contributed by atoms with Crippen LogP contribution in [0.15, 0.2) is 22.7 Å². The Morgan fingerprint density at radius 1 is 1.40 bits per heavy atom. The topological polar surface area (TPSA) is 99.8 Å². The number of thiophene rings is 1. The Labute approximate surface area is 121 Å². The molecule has 0 atom stereocenters. The van der Waals surface area contributed by atoms with Crippen LogP contribution in [0.25, 0.3) is 0 Å². The van der Waals surface area contributed by atoms with Crippen molar-refractivity contribution in [2.24, 2.45) is 0 Å². The molecule has 0 bridgehead atoms. The standard InChI is InChI=1S/C11H17N5O2S2/c1-12-7-9-4-5-11(19-9)20(17,18)15-6-2-3-10-13-8-14-16-10/h4-5,8,12,15H,2-3,6-7H2,1H3,(H,13,14,16). The maximum atomic E-state index is 12.1. The smallest absolute Gasteiger partial charge is 0.250 e. The molecule has 3 N–H and O–H groups in total. The summed E-state index contributed by atoms with van der Waals surface area (Å²) in [6.45, 7) is 1.05. The van der Waals surface area contributed by atoms with E-state index in [9.17, 15) is 8.42 Å². The average Bonchev–Trinajstić information content (AvgIpc) is 3.06. The van der Waals surface area contributed by atoms with Crippen molar-refractivity contribution < 1.29 is 8.42 Å². The van der Waals surface area contributed by atoms with Gasteiger partial charge in [-0.1, -0.05) is 0 Å². The second-order valence-electron chi connectivity index (χ2n) is 4.18. The molecule has 2 aromatic rings. The van der Waals surface area contributed by atoms with Crippen LogP contribution in [0.2, 0.25) is 0 Å². The van der Waals surface area contributed by atoms with E-state index in [1.807, 2.05) is 13.1 Å². The van der Waals surface area contributed by atoms with Crippen LogP contribution in [0.3, 0.4) is 0 Å². The van der Waals surface area contributed by atoms with Crippen molar-refractivity contribution in [2.75, 3.05) is 13.6 Å². The average molecular weight is 315 g/mol. The predicted octanol–water partition coefficient (Wildman–Crippen LogP) is 0.497. The van der Waals surface area contributed by atoms with Crippen LogP contribution in [0.1, 0.15) is 17.1 Å². The third-order valence-corrected chi connectivity index (χ3v) is 5.64. The Hall–Kier alpha value is -1.29. The minimum atomic E-state index is -3.40. The Morgan fingerprint density at radius 2 is 2.25 bits per heavy atom. The van der Waals surface area contributed by atoms with Gasteiger partial charge in [-0.3, -0.25) is 5.10 Å². The summed E-state index contributed by atoms with van der Waals surface area (Å²) >= 11 is 1.28. The van der Waals surface area contributed by atoms with Crippen LogP contribution in [0.5, 0.6) is 0 Å². The Bertz CT molecular complexity index is 621. The fraction of sp³-hybridized carbons (Fsp3) is 0.455. The first-order chi connectivity index (χ1) is 9.62. The summed E-state index contributed by atoms with van der Waals surface area (Å²) in [4.78, 5) is 4.98. The molecule has 0 aliphatic heterocycles. The molecule has 0 unspecified atom stereocenters. The van der Waals surface area contributed by atoms with Gasteiger partial charge in [0.15, 0.2) is 0 Å². The quantitative estimate of drug-likeness (QED) is 0.616. The fourth-order valence-corrected chi connectivity index (χ4v) is 4.14. The first kappa shape index (κ1) is 15.1. The lowest BCUT2D eigenvalue weighted by atomic mass is 10.3. The van der Waals surface area contributed by atoms with Crippen LogP contribution >= 0.6 is 11.3 Å². The highest BCUT2D eigenvalue weighted by Crippen LogP contribution is 2.21. The molecular formula is C11H17N5O2S2. The first-order valence-corrected chi connectivity index (χ1v) is 8.49. The summed E-state index contributed by atoms with van der Waals surface area (Å²) in [5.41, 5.74) is 0. The van der Waals surface area contributed by atoms with Crippen LogP contribution in [-0.4, -0.2) is 37.2 Å². The number of aryl methyl sites for hydroxylation is 1. The summed E-state index contributed by atoms with van der Waals surface area (Å²) in [7, 11) is -1.58. The lowest BCUT2D eigenvalue weighted by Gasteiger charge is -2.03. The molecule has 0 saturated carbocycles. The van der Waals surface area contributed by atoms with E-state index < -0.39 is 10.0 Å². The van der Waals surface area contributed by atoms with Gasteiger partial charge in [0.2, 0.25) is 10.0 Å². The van der Waals surface area contributed by atoms with Gasteiger partial charge in [0.05, 0.1) is 0 Å². The highest BCUT2D eigenvalue weighted by molar-refractivity contribution is 7.91. The molecule has 0 radical (unpaired) electrons. The Kier molecular flexibility index (Phi) is 5.24. The normalized spacial score (nSPS) is 11.8. The van der Waals surface area contributed by atoms with Crippen LogP contribution in [0, 0.1) is 0 Å². The number of nitrogens with zero attached hydrogens (tertiary/aromatic N) is 2. The molecule has 7 nitrogen and oxygen atoms in total. The molecule has 0 aliphatic rings. The molecule has 0 spiro atoms. The van der Waals surface area contributed by atoms with Crippen LogP contribution in [0.4, 0.5) is 0 Å². The van der Waals surface area contributed by atoms with Crippen molar-refractivity contribution >= 4 is 21.4 Å². The molecule has 0 aliphatic carbocycles. The van der Waals surface area contributed by atoms with Gasteiger partial charge in [-0.25, -0.2) is 18.1 Å². The second kappa shape index (κ2) is 6.93. The molecule has 0 saturated heterocycles. The lowest BCUT2D eigenvalue weighted by molar-refractivity contribution is 0.580. The maximum Gasteiger partial charge on any atom is 0.250 e. The van der Waals surface area contributed by atoms with Gasteiger partial charge < -0.3 is 5.32 Å². The van der Waals surface area contributed by atoms with Crippen molar-refractivity contribution in [3.8, 4) is 0 Å². The highest BCUT2D eigenvalue weighted by atomic mass is 32.2. The van der Waals surface area contributed by atoms with Crippen LogP contribution in [-0.2, 0) is 23.0 Å². The number of nitrogens with one attached hydrogen (secondary N) is 3. The van der Waals surface area contributed by atoms with E-state index in [0.29, 0.717) is 30.1 Å². The van der Waals surface area contributed by atoms with Gasteiger partial charge in [0.25, 0.3) is 0 Å². The lowest BCUT2D eigenvalue weighted by Crippen LogP contribution is -2.24. The number of sulfonamides is 1. The van der Waals surface area contributed by atoms with E-state index in [-0.39, 0.29) is 0 Å². The zero-order valence-electron chi connectivity index (χ0n) is 11.1. The van der Waals surface area contributed by atoms with E-state index in [4.69, 9.17) is 0 Å². The summed E-state index contributed by atoms with van der Waals surface area (Å²) in [5.74, 6) is 0.761. The Morgan fingerprint density at radius 3 is 2.95 bits per heavy atom. The fourth-order valence-electron chi connectivity index (χ4n) is 1.66. The van der Waals surface area contributed by atoms with Gasteiger partial charge in [-0.05, 0) is 25.6 Å². The minimum Gasteiger partial charge on any atom is -0.315 e. The van der Waals surface area contributed by atoms with Gasteiger partial charge in [0, 0.05) is 24.4 Å². The molecule has 0 fully saturated rings. The second-order valence-corrected chi connectivity index (χ2v) is 7.35. The summed E-state index contributed by atoms with van der Waals surface area (Å²) in [6, 6.07) is 3.46. The summed E-state index contributed by atoms with van der Waals surface area (Å²) in [6.07, 6.45) is 2.77. The van der Waals surface area contributed by atoms with E-state index in [1.165, 1.54) is 17.7 Å². The number of hydrogen-bond donors (Lipinski definition) is 3. The molecule has 9 heteroatoms. The van der Waals surface area contributed by atoms with E-state index in [1.54, 1.807) is 6.07 Å². The number of aromatic nitrogens is 3. The zero-order valence-corrected chi connectivity index (χ0v) is 12.7. The molecule has 0 amide bonds. The maximum absolute atomic E-state index is 12.1. The first-order valence-electron chi connectivity index (χ1n) is 6.19. The molecule has 2 heterocycles. The number of rotatable bonds is 8. The van der Waals surface area contributed by atoms with Crippen molar-refractivity contribution in [1.82, 2.24) is 25.2 Å². The molecule has 2 aromatic heterocycles. The van der Waals surface area contributed by atoms with Crippen molar-refractivity contribution in [3.63, 3.8) is 0 Å².